The van der Waals surface area contributed by atoms with Crippen molar-refractivity contribution in [3.05, 3.63) is 21.4 Å². The molecule has 1 aliphatic heterocycles. The van der Waals surface area contributed by atoms with E-state index in [9.17, 15) is 9.59 Å². The number of carbonyl (C=O) groups excluding carboxylic acids is 2. The Balaban J connectivity index is 1.90. The molecular formula is C14H20N2O2S. The highest BCUT2D eigenvalue weighted by molar-refractivity contribution is 7.12. The predicted molar refractivity (Wildman–Crippen MR) is 76.8 cm³/mol. The van der Waals surface area contributed by atoms with E-state index in [1.54, 1.807) is 11.3 Å². The zero-order valence-electron chi connectivity index (χ0n) is 11.7. The Hall–Kier alpha value is -1.20. The lowest BCUT2D eigenvalue weighted by Gasteiger charge is -2.15. The third-order valence-electron chi connectivity index (χ3n) is 3.39. The standard InChI is InChI=1S/C14H20N2O2S/c1-9-6-13(10(2)19-9)14(18)8-16-5-4-12(7-16)15-11(3)17/h6,12H,4-5,7-8H2,1-3H3,(H,15,17). The monoisotopic (exact) mass is 280 g/mol. The first kappa shape index (κ1) is 14.2. The molecule has 0 spiro atoms. The fourth-order valence-electron chi connectivity index (χ4n) is 2.58. The van der Waals surface area contributed by atoms with E-state index in [0.29, 0.717) is 6.54 Å². The Morgan fingerprint density at radius 1 is 1.47 bits per heavy atom. The molecule has 1 fully saturated rings. The highest BCUT2D eigenvalue weighted by atomic mass is 32.1. The van der Waals surface area contributed by atoms with E-state index in [1.807, 2.05) is 19.9 Å². The largest absolute Gasteiger partial charge is 0.352 e. The summed E-state index contributed by atoms with van der Waals surface area (Å²) in [4.78, 5) is 27.6. The molecule has 104 valence electrons. The fraction of sp³-hybridized carbons (Fsp3) is 0.571. The van der Waals surface area contributed by atoms with Gasteiger partial charge in [-0.25, -0.2) is 0 Å². The highest BCUT2D eigenvalue weighted by Crippen LogP contribution is 2.21. The van der Waals surface area contributed by atoms with E-state index in [0.717, 1.165) is 30.0 Å². The summed E-state index contributed by atoms with van der Waals surface area (Å²) in [5, 5.41) is 2.91. The number of nitrogens with one attached hydrogen (secondary N) is 1. The van der Waals surface area contributed by atoms with Gasteiger partial charge in [-0.05, 0) is 26.3 Å². The number of hydrogen-bond donors (Lipinski definition) is 1. The van der Waals surface area contributed by atoms with E-state index < -0.39 is 0 Å². The van der Waals surface area contributed by atoms with Crippen LogP contribution in [0.4, 0.5) is 0 Å². The number of Topliss-reactive ketones (excluding diaryl/α,β-unsaturated/α-hetero) is 1. The maximum atomic E-state index is 12.2. The summed E-state index contributed by atoms with van der Waals surface area (Å²) < 4.78 is 0. The summed E-state index contributed by atoms with van der Waals surface area (Å²) >= 11 is 1.67. The molecule has 1 N–H and O–H groups in total. The molecule has 4 nitrogen and oxygen atoms in total. The van der Waals surface area contributed by atoms with Crippen LogP contribution >= 0.6 is 11.3 Å². The van der Waals surface area contributed by atoms with Crippen LogP contribution in [0.5, 0.6) is 0 Å². The SMILES string of the molecule is CC(=O)NC1CCN(CC(=O)c2cc(C)sc2C)C1. The molecule has 5 heteroatoms. The topological polar surface area (TPSA) is 49.4 Å². The number of rotatable bonds is 4. The van der Waals surface area contributed by atoms with Crippen molar-refractivity contribution in [3.8, 4) is 0 Å². The molecule has 0 radical (unpaired) electrons. The average molecular weight is 280 g/mol. The Labute approximate surface area is 117 Å². The van der Waals surface area contributed by atoms with Gasteiger partial charge in [-0.2, -0.15) is 0 Å². The number of aryl methyl sites for hydroxylation is 2. The van der Waals surface area contributed by atoms with Crippen LogP contribution in [0.25, 0.3) is 0 Å². The lowest BCUT2D eigenvalue weighted by molar-refractivity contribution is -0.119. The molecule has 1 aromatic rings. The first-order valence-electron chi connectivity index (χ1n) is 6.55. The van der Waals surface area contributed by atoms with E-state index in [2.05, 4.69) is 10.2 Å². The van der Waals surface area contributed by atoms with Crippen LogP contribution in [-0.2, 0) is 4.79 Å². The number of thiophene rings is 1. The molecule has 1 atom stereocenters. The van der Waals surface area contributed by atoms with Crippen LogP contribution < -0.4 is 5.32 Å². The van der Waals surface area contributed by atoms with E-state index >= 15 is 0 Å². The van der Waals surface area contributed by atoms with E-state index in [1.165, 1.54) is 11.8 Å². The zero-order valence-corrected chi connectivity index (χ0v) is 12.5. The summed E-state index contributed by atoms with van der Waals surface area (Å²) in [7, 11) is 0. The van der Waals surface area contributed by atoms with Crippen molar-refractivity contribution >= 4 is 23.0 Å². The maximum Gasteiger partial charge on any atom is 0.217 e. The van der Waals surface area contributed by atoms with Gasteiger partial charge >= 0.3 is 0 Å². The van der Waals surface area contributed by atoms with Crippen LogP contribution in [-0.4, -0.2) is 42.3 Å². The number of hydrogen-bond acceptors (Lipinski definition) is 4. The molecule has 0 bridgehead atoms. The lowest BCUT2D eigenvalue weighted by Crippen LogP contribution is -2.36. The van der Waals surface area contributed by atoms with Gasteiger partial charge in [-0.1, -0.05) is 0 Å². The molecule has 0 aliphatic carbocycles. The van der Waals surface area contributed by atoms with Gasteiger partial charge in [-0.3, -0.25) is 14.5 Å². The van der Waals surface area contributed by atoms with Crippen LogP contribution in [0, 0.1) is 13.8 Å². The smallest absolute Gasteiger partial charge is 0.217 e. The van der Waals surface area contributed by atoms with Crippen molar-refractivity contribution in [2.75, 3.05) is 19.6 Å². The highest BCUT2D eigenvalue weighted by Gasteiger charge is 2.25. The van der Waals surface area contributed by atoms with Gasteiger partial charge in [0.1, 0.15) is 0 Å². The van der Waals surface area contributed by atoms with Crippen LogP contribution in [0.3, 0.4) is 0 Å². The van der Waals surface area contributed by atoms with Gasteiger partial charge in [-0.15, -0.1) is 11.3 Å². The van der Waals surface area contributed by atoms with Crippen molar-refractivity contribution in [3.63, 3.8) is 0 Å². The molecular weight excluding hydrogens is 260 g/mol. The van der Waals surface area contributed by atoms with Crippen LogP contribution in [0.2, 0.25) is 0 Å². The molecule has 19 heavy (non-hydrogen) atoms. The number of nitrogens with zero attached hydrogens (tertiary/aromatic N) is 1. The summed E-state index contributed by atoms with van der Waals surface area (Å²) in [6, 6.07) is 2.17. The Morgan fingerprint density at radius 2 is 2.21 bits per heavy atom. The van der Waals surface area contributed by atoms with Crippen molar-refractivity contribution < 1.29 is 9.59 Å². The average Bonchev–Trinajstić information content (AvgIpc) is 2.84. The molecule has 1 aromatic heterocycles. The van der Waals surface area contributed by atoms with Crippen molar-refractivity contribution in [2.45, 2.75) is 33.2 Å². The summed E-state index contributed by atoms with van der Waals surface area (Å²) in [5.41, 5.74) is 0.852. The van der Waals surface area contributed by atoms with Gasteiger partial charge < -0.3 is 5.32 Å². The first-order chi connectivity index (χ1) is 8.95. The molecule has 2 heterocycles. The molecule has 1 saturated heterocycles. The van der Waals surface area contributed by atoms with Crippen LogP contribution in [0.15, 0.2) is 6.07 Å². The predicted octanol–water partition coefficient (Wildman–Crippen LogP) is 1.76. The Kier molecular flexibility index (Phi) is 4.37. The molecule has 0 saturated carbocycles. The summed E-state index contributed by atoms with van der Waals surface area (Å²) in [6.07, 6.45) is 0.925. The third kappa shape index (κ3) is 3.64. The minimum absolute atomic E-state index is 0.00230. The first-order valence-corrected chi connectivity index (χ1v) is 7.37. The van der Waals surface area contributed by atoms with Crippen molar-refractivity contribution in [2.24, 2.45) is 0 Å². The second kappa shape index (κ2) is 5.84. The van der Waals surface area contributed by atoms with Crippen LogP contribution in [0.1, 0.15) is 33.5 Å². The van der Waals surface area contributed by atoms with E-state index in [-0.39, 0.29) is 17.7 Å². The third-order valence-corrected chi connectivity index (χ3v) is 4.35. The second-order valence-corrected chi connectivity index (χ2v) is 6.63. The molecule has 2 rings (SSSR count). The molecule has 1 unspecified atom stereocenters. The van der Waals surface area contributed by atoms with E-state index in [4.69, 9.17) is 0 Å². The van der Waals surface area contributed by atoms with Gasteiger partial charge in [0.2, 0.25) is 5.91 Å². The Bertz CT molecular complexity index is 496. The Morgan fingerprint density at radius 3 is 2.79 bits per heavy atom. The zero-order chi connectivity index (χ0) is 14.0. The molecule has 1 amide bonds. The van der Waals surface area contributed by atoms with Gasteiger partial charge in [0, 0.05) is 41.4 Å². The second-order valence-electron chi connectivity index (χ2n) is 5.17. The summed E-state index contributed by atoms with van der Waals surface area (Å²) in [6.45, 7) is 7.65. The molecule has 0 aromatic carbocycles. The number of amides is 1. The number of ketones is 1. The normalized spacial score (nSPS) is 19.6. The summed E-state index contributed by atoms with van der Waals surface area (Å²) in [5.74, 6) is 0.188. The number of carbonyl (C=O) groups is 2. The van der Waals surface area contributed by atoms with Gasteiger partial charge in [0.05, 0.1) is 6.54 Å². The quantitative estimate of drug-likeness (QED) is 0.855. The molecule has 1 aliphatic rings. The van der Waals surface area contributed by atoms with Crippen molar-refractivity contribution in [1.29, 1.82) is 0 Å². The minimum atomic E-state index is 0.00230. The van der Waals surface area contributed by atoms with Gasteiger partial charge in [0.25, 0.3) is 0 Å². The fourth-order valence-corrected chi connectivity index (χ4v) is 3.52. The minimum Gasteiger partial charge on any atom is -0.352 e. The lowest BCUT2D eigenvalue weighted by atomic mass is 10.1. The van der Waals surface area contributed by atoms with Crippen molar-refractivity contribution in [1.82, 2.24) is 10.2 Å². The van der Waals surface area contributed by atoms with Gasteiger partial charge in [0.15, 0.2) is 5.78 Å². The maximum absolute atomic E-state index is 12.2. The number of likely N-dealkylation sites (tertiary alicyclic amines) is 1.